The van der Waals surface area contributed by atoms with Crippen molar-refractivity contribution >= 4 is 0 Å². The summed E-state index contributed by atoms with van der Waals surface area (Å²) in [6.07, 6.45) is 5.23. The highest BCUT2D eigenvalue weighted by atomic mass is 16.3. The zero-order chi connectivity index (χ0) is 12.3. The molecular weight excluding hydrogens is 210 g/mol. The van der Waals surface area contributed by atoms with Gasteiger partial charge in [-0.1, -0.05) is 18.2 Å². The van der Waals surface area contributed by atoms with Crippen molar-refractivity contribution in [3.63, 3.8) is 0 Å². The van der Waals surface area contributed by atoms with Gasteiger partial charge >= 0.3 is 0 Å². The van der Waals surface area contributed by atoms with Crippen molar-refractivity contribution in [1.82, 2.24) is 0 Å². The van der Waals surface area contributed by atoms with E-state index in [1.165, 1.54) is 22.3 Å². The predicted octanol–water partition coefficient (Wildman–Crippen LogP) is 3.01. The number of hydrogen-bond donors (Lipinski definition) is 1. The van der Waals surface area contributed by atoms with Gasteiger partial charge in [0.2, 0.25) is 0 Å². The van der Waals surface area contributed by atoms with Crippen LogP contribution in [0.15, 0.2) is 41.2 Å². The Labute approximate surface area is 102 Å². The number of rotatable bonds is 4. The fraction of sp³-hybridized carbons (Fsp3) is 0.333. The van der Waals surface area contributed by atoms with Crippen LogP contribution >= 0.6 is 0 Å². The Balaban J connectivity index is 1.98. The summed E-state index contributed by atoms with van der Waals surface area (Å²) in [7, 11) is 0. The molecule has 1 heterocycles. The van der Waals surface area contributed by atoms with Crippen molar-refractivity contribution in [3.8, 4) is 0 Å². The van der Waals surface area contributed by atoms with E-state index in [1.54, 1.807) is 12.5 Å². The standard InChI is InChI=1S/C15H19NO/c1-11-3-4-13(7-12(11)2)8-15(16)9-14-5-6-17-10-14/h3-7,10,15H,8-9,16H2,1-2H3. The van der Waals surface area contributed by atoms with Gasteiger partial charge in [0.05, 0.1) is 12.5 Å². The Kier molecular flexibility index (Phi) is 3.64. The third-order valence-electron chi connectivity index (χ3n) is 3.15. The van der Waals surface area contributed by atoms with Crippen molar-refractivity contribution in [2.24, 2.45) is 5.73 Å². The van der Waals surface area contributed by atoms with Crippen LogP contribution in [0.4, 0.5) is 0 Å². The largest absolute Gasteiger partial charge is 0.472 e. The van der Waals surface area contributed by atoms with Gasteiger partial charge in [-0.2, -0.15) is 0 Å². The highest BCUT2D eigenvalue weighted by Gasteiger charge is 2.07. The molecule has 1 atom stereocenters. The summed E-state index contributed by atoms with van der Waals surface area (Å²) in [5.41, 5.74) is 11.3. The third-order valence-corrected chi connectivity index (χ3v) is 3.15. The summed E-state index contributed by atoms with van der Waals surface area (Å²) in [6.45, 7) is 4.27. The van der Waals surface area contributed by atoms with E-state index in [0.29, 0.717) is 0 Å². The molecule has 2 heteroatoms. The van der Waals surface area contributed by atoms with Gasteiger partial charge in [0.1, 0.15) is 0 Å². The minimum Gasteiger partial charge on any atom is -0.472 e. The molecular formula is C15H19NO. The second-order valence-corrected chi connectivity index (χ2v) is 4.72. The zero-order valence-corrected chi connectivity index (χ0v) is 10.4. The Morgan fingerprint density at radius 1 is 1.06 bits per heavy atom. The number of furan rings is 1. The number of hydrogen-bond acceptors (Lipinski definition) is 2. The fourth-order valence-corrected chi connectivity index (χ4v) is 2.02. The Morgan fingerprint density at radius 3 is 2.47 bits per heavy atom. The average Bonchev–Trinajstić information content (AvgIpc) is 2.76. The van der Waals surface area contributed by atoms with Crippen LogP contribution in [0.2, 0.25) is 0 Å². The molecule has 0 amide bonds. The van der Waals surface area contributed by atoms with Crippen LogP contribution in [-0.4, -0.2) is 6.04 Å². The van der Waals surface area contributed by atoms with Crippen LogP contribution < -0.4 is 5.73 Å². The van der Waals surface area contributed by atoms with Crippen molar-refractivity contribution < 1.29 is 4.42 Å². The SMILES string of the molecule is Cc1ccc(CC(N)Cc2ccoc2)cc1C. The van der Waals surface area contributed by atoms with Crippen molar-refractivity contribution in [2.75, 3.05) is 0 Å². The van der Waals surface area contributed by atoms with Crippen LogP contribution in [-0.2, 0) is 12.8 Å². The van der Waals surface area contributed by atoms with Crippen molar-refractivity contribution in [3.05, 3.63) is 59.0 Å². The lowest BCUT2D eigenvalue weighted by Gasteiger charge is -2.11. The lowest BCUT2D eigenvalue weighted by atomic mass is 9.98. The van der Waals surface area contributed by atoms with Crippen LogP contribution in [0.25, 0.3) is 0 Å². The molecule has 0 radical (unpaired) electrons. The number of benzene rings is 1. The number of nitrogens with two attached hydrogens (primary N) is 1. The Hall–Kier alpha value is -1.54. The molecule has 0 fully saturated rings. The molecule has 0 aliphatic carbocycles. The van der Waals surface area contributed by atoms with Crippen LogP contribution in [0.5, 0.6) is 0 Å². The molecule has 0 spiro atoms. The van der Waals surface area contributed by atoms with E-state index in [2.05, 4.69) is 32.0 Å². The van der Waals surface area contributed by atoms with Gasteiger partial charge in [-0.3, -0.25) is 0 Å². The number of aryl methyl sites for hydroxylation is 2. The molecule has 1 unspecified atom stereocenters. The molecule has 0 aliphatic rings. The molecule has 0 saturated heterocycles. The van der Waals surface area contributed by atoms with Gasteiger partial charge in [0.25, 0.3) is 0 Å². The maximum atomic E-state index is 6.14. The van der Waals surface area contributed by atoms with E-state index in [1.807, 2.05) is 6.07 Å². The third kappa shape index (κ3) is 3.21. The summed E-state index contributed by atoms with van der Waals surface area (Å²) >= 11 is 0. The van der Waals surface area contributed by atoms with Gasteiger partial charge in [0, 0.05) is 6.04 Å². The lowest BCUT2D eigenvalue weighted by molar-refractivity contribution is 0.559. The van der Waals surface area contributed by atoms with Crippen LogP contribution in [0.3, 0.4) is 0 Å². The van der Waals surface area contributed by atoms with Crippen molar-refractivity contribution in [2.45, 2.75) is 32.7 Å². The zero-order valence-electron chi connectivity index (χ0n) is 10.4. The summed E-state index contributed by atoms with van der Waals surface area (Å²) < 4.78 is 5.04. The van der Waals surface area contributed by atoms with Crippen molar-refractivity contribution in [1.29, 1.82) is 0 Å². The van der Waals surface area contributed by atoms with Gasteiger partial charge < -0.3 is 10.2 Å². The van der Waals surface area contributed by atoms with E-state index in [9.17, 15) is 0 Å². The first-order valence-corrected chi connectivity index (χ1v) is 5.98. The van der Waals surface area contributed by atoms with Gasteiger partial charge in [-0.05, 0) is 55.0 Å². The van der Waals surface area contributed by atoms with E-state index >= 15 is 0 Å². The predicted molar refractivity (Wildman–Crippen MR) is 70.0 cm³/mol. The highest BCUT2D eigenvalue weighted by Crippen LogP contribution is 2.13. The molecule has 90 valence electrons. The lowest BCUT2D eigenvalue weighted by Crippen LogP contribution is -2.25. The Morgan fingerprint density at radius 2 is 1.82 bits per heavy atom. The second kappa shape index (κ2) is 5.19. The molecule has 17 heavy (non-hydrogen) atoms. The van der Waals surface area contributed by atoms with E-state index in [4.69, 9.17) is 10.2 Å². The van der Waals surface area contributed by atoms with Crippen LogP contribution in [0, 0.1) is 13.8 Å². The molecule has 0 bridgehead atoms. The maximum absolute atomic E-state index is 6.14. The van der Waals surface area contributed by atoms with Gasteiger partial charge in [-0.15, -0.1) is 0 Å². The fourth-order valence-electron chi connectivity index (χ4n) is 2.02. The summed E-state index contributed by atoms with van der Waals surface area (Å²) in [5, 5.41) is 0. The first kappa shape index (κ1) is 11.9. The smallest absolute Gasteiger partial charge is 0.0935 e. The minimum absolute atomic E-state index is 0.148. The molecule has 0 saturated carbocycles. The molecule has 2 rings (SSSR count). The average molecular weight is 229 g/mol. The quantitative estimate of drug-likeness (QED) is 0.875. The second-order valence-electron chi connectivity index (χ2n) is 4.72. The van der Waals surface area contributed by atoms with Crippen LogP contribution in [0.1, 0.15) is 22.3 Å². The maximum Gasteiger partial charge on any atom is 0.0935 e. The minimum atomic E-state index is 0.148. The summed E-state index contributed by atoms with van der Waals surface area (Å²) in [5.74, 6) is 0. The molecule has 0 aliphatic heterocycles. The molecule has 2 N–H and O–H groups in total. The van der Waals surface area contributed by atoms with E-state index in [0.717, 1.165) is 12.8 Å². The van der Waals surface area contributed by atoms with E-state index < -0.39 is 0 Å². The monoisotopic (exact) mass is 229 g/mol. The van der Waals surface area contributed by atoms with Gasteiger partial charge in [-0.25, -0.2) is 0 Å². The normalized spacial score (nSPS) is 12.6. The first-order valence-electron chi connectivity index (χ1n) is 5.98. The van der Waals surface area contributed by atoms with Gasteiger partial charge in [0.15, 0.2) is 0 Å². The molecule has 1 aromatic heterocycles. The first-order chi connectivity index (χ1) is 8.15. The molecule has 1 aromatic carbocycles. The Bertz CT molecular complexity index is 474. The molecule has 2 aromatic rings. The summed E-state index contributed by atoms with van der Waals surface area (Å²) in [6, 6.07) is 8.67. The summed E-state index contributed by atoms with van der Waals surface area (Å²) in [4.78, 5) is 0. The highest BCUT2D eigenvalue weighted by molar-refractivity contribution is 5.30. The van der Waals surface area contributed by atoms with E-state index in [-0.39, 0.29) is 6.04 Å². The molecule has 2 nitrogen and oxygen atoms in total. The topological polar surface area (TPSA) is 39.2 Å².